The van der Waals surface area contributed by atoms with E-state index in [1.54, 1.807) is 6.92 Å². The molecule has 0 aromatic rings. The van der Waals surface area contributed by atoms with E-state index >= 15 is 0 Å². The fraction of sp³-hybridized carbons (Fsp3) is 0.800. The summed E-state index contributed by atoms with van der Waals surface area (Å²) in [4.78, 5) is 35.9. The first-order valence-electron chi connectivity index (χ1n) is 11.6. The Morgan fingerprint density at radius 3 is 2.27 bits per heavy atom. The molecule has 0 bridgehead atoms. The standard InChI is InChI=1S/C25H36O5/c1-14(26)19-6-7-20-18-13-23(30-16(3)28)22-12-17(29-15(2)27)8-10-25(22,5)21(18)9-11-24(19,20)4/h9,17-20,22-23H,6-8,10-13H2,1-5H3/t17?,18-,19+,20-,22?,23?,24+,25+/m0/s1. The molecule has 166 valence electrons. The van der Waals surface area contributed by atoms with Gasteiger partial charge < -0.3 is 9.47 Å². The van der Waals surface area contributed by atoms with Gasteiger partial charge in [0.25, 0.3) is 0 Å². The number of ether oxygens (including phenoxy) is 2. The fourth-order valence-electron chi connectivity index (χ4n) is 7.86. The largest absolute Gasteiger partial charge is 0.463 e. The third-order valence-corrected chi connectivity index (χ3v) is 9.11. The number of Topliss-reactive ketones (excluding diaryl/α,β-unsaturated/α-hetero) is 1. The van der Waals surface area contributed by atoms with E-state index in [-0.39, 0.29) is 46.8 Å². The van der Waals surface area contributed by atoms with Crippen molar-refractivity contribution in [1.29, 1.82) is 0 Å². The molecule has 30 heavy (non-hydrogen) atoms. The van der Waals surface area contributed by atoms with Gasteiger partial charge in [0.2, 0.25) is 0 Å². The van der Waals surface area contributed by atoms with Gasteiger partial charge >= 0.3 is 11.9 Å². The molecule has 0 N–H and O–H groups in total. The van der Waals surface area contributed by atoms with Gasteiger partial charge in [0, 0.05) is 25.7 Å². The van der Waals surface area contributed by atoms with Gasteiger partial charge in [0.1, 0.15) is 18.0 Å². The van der Waals surface area contributed by atoms with Gasteiger partial charge in [-0.05, 0) is 74.5 Å². The maximum absolute atomic E-state index is 12.4. The molecule has 4 rings (SSSR count). The van der Waals surface area contributed by atoms with Crippen molar-refractivity contribution in [3.05, 3.63) is 11.6 Å². The highest BCUT2D eigenvalue weighted by Gasteiger charge is 2.60. The van der Waals surface area contributed by atoms with Crippen molar-refractivity contribution in [2.24, 2.45) is 34.5 Å². The highest BCUT2D eigenvalue weighted by Crippen LogP contribution is 2.65. The van der Waals surface area contributed by atoms with Crippen LogP contribution in [-0.2, 0) is 23.9 Å². The van der Waals surface area contributed by atoms with E-state index in [2.05, 4.69) is 19.9 Å². The summed E-state index contributed by atoms with van der Waals surface area (Å²) in [5.41, 5.74) is 1.48. The Hall–Kier alpha value is -1.65. The molecule has 8 atom stereocenters. The number of hydrogen-bond acceptors (Lipinski definition) is 5. The van der Waals surface area contributed by atoms with Crippen LogP contribution in [0.4, 0.5) is 0 Å². The summed E-state index contributed by atoms with van der Waals surface area (Å²) in [6, 6.07) is 0. The predicted molar refractivity (Wildman–Crippen MR) is 112 cm³/mol. The zero-order valence-electron chi connectivity index (χ0n) is 19.0. The van der Waals surface area contributed by atoms with Gasteiger partial charge in [-0.25, -0.2) is 0 Å². The van der Waals surface area contributed by atoms with Gasteiger partial charge in [-0.15, -0.1) is 0 Å². The molecule has 4 aliphatic rings. The van der Waals surface area contributed by atoms with E-state index in [0.717, 1.165) is 44.9 Å². The van der Waals surface area contributed by atoms with Gasteiger partial charge in [0.05, 0.1) is 0 Å². The van der Waals surface area contributed by atoms with Crippen molar-refractivity contribution < 1.29 is 23.9 Å². The molecule has 4 aliphatic carbocycles. The summed E-state index contributed by atoms with van der Waals surface area (Å²) in [5, 5.41) is 0. The molecule has 5 heteroatoms. The minimum atomic E-state index is -0.241. The van der Waals surface area contributed by atoms with E-state index in [1.807, 2.05) is 0 Å². The molecule has 3 fully saturated rings. The molecule has 0 aromatic carbocycles. The lowest BCUT2D eigenvalue weighted by Crippen LogP contribution is -2.55. The van der Waals surface area contributed by atoms with Gasteiger partial charge in [-0.3, -0.25) is 14.4 Å². The smallest absolute Gasteiger partial charge is 0.302 e. The van der Waals surface area contributed by atoms with Crippen molar-refractivity contribution in [2.75, 3.05) is 0 Å². The number of rotatable bonds is 3. The highest BCUT2D eigenvalue weighted by atomic mass is 16.5. The summed E-state index contributed by atoms with van der Waals surface area (Å²) >= 11 is 0. The van der Waals surface area contributed by atoms with Crippen LogP contribution in [0.1, 0.15) is 79.6 Å². The molecular weight excluding hydrogens is 380 g/mol. The second-order valence-corrected chi connectivity index (χ2v) is 10.7. The summed E-state index contributed by atoms with van der Waals surface area (Å²) in [6.07, 6.45) is 8.54. The van der Waals surface area contributed by atoms with Crippen LogP contribution in [0.5, 0.6) is 0 Å². The molecule has 3 saturated carbocycles. The quantitative estimate of drug-likeness (QED) is 0.496. The predicted octanol–water partition coefficient (Wildman–Crippen LogP) is 4.63. The lowest BCUT2D eigenvalue weighted by atomic mass is 9.48. The van der Waals surface area contributed by atoms with Crippen molar-refractivity contribution in [3.63, 3.8) is 0 Å². The van der Waals surface area contributed by atoms with Crippen LogP contribution in [0.3, 0.4) is 0 Å². The maximum Gasteiger partial charge on any atom is 0.302 e. The monoisotopic (exact) mass is 416 g/mol. The Morgan fingerprint density at radius 1 is 0.933 bits per heavy atom. The van der Waals surface area contributed by atoms with Gasteiger partial charge in [-0.2, -0.15) is 0 Å². The minimum absolute atomic E-state index is 0.0128. The molecule has 0 amide bonds. The number of fused-ring (bicyclic) bond motifs is 5. The van der Waals surface area contributed by atoms with E-state index < -0.39 is 0 Å². The van der Waals surface area contributed by atoms with Crippen LogP contribution < -0.4 is 0 Å². The van der Waals surface area contributed by atoms with Gasteiger partial charge in [0.15, 0.2) is 0 Å². The molecule has 0 aromatic heterocycles. The fourth-order valence-corrected chi connectivity index (χ4v) is 7.86. The number of allylic oxidation sites excluding steroid dienone is 2. The lowest BCUT2D eigenvalue weighted by Gasteiger charge is -2.58. The van der Waals surface area contributed by atoms with Crippen molar-refractivity contribution >= 4 is 17.7 Å². The summed E-state index contributed by atoms with van der Waals surface area (Å²) in [6.45, 7) is 9.33. The number of hydrogen-bond donors (Lipinski definition) is 0. The zero-order chi connectivity index (χ0) is 21.8. The second kappa shape index (κ2) is 7.49. The Kier molecular flexibility index (Phi) is 5.39. The number of esters is 2. The van der Waals surface area contributed by atoms with Gasteiger partial charge in [-0.1, -0.05) is 25.5 Å². The topological polar surface area (TPSA) is 69.7 Å². The van der Waals surface area contributed by atoms with Crippen LogP contribution in [0.2, 0.25) is 0 Å². The number of ketones is 1. The zero-order valence-corrected chi connectivity index (χ0v) is 19.0. The Labute approximate surface area is 179 Å². The average Bonchev–Trinajstić information content (AvgIpc) is 2.99. The maximum atomic E-state index is 12.4. The molecule has 0 saturated heterocycles. The Morgan fingerprint density at radius 2 is 1.63 bits per heavy atom. The molecule has 3 unspecified atom stereocenters. The Balaban J connectivity index is 1.69. The lowest BCUT2D eigenvalue weighted by molar-refractivity contribution is -0.168. The SMILES string of the molecule is CC(=O)OC1CC[C@]2(C)C3=CC[C@]4(C)[C@@H](C(C)=O)CC[C@H]4[C@@H]3CC(OC(C)=O)C2C1. The third-order valence-electron chi connectivity index (χ3n) is 9.11. The van der Waals surface area contributed by atoms with Crippen LogP contribution >= 0.6 is 0 Å². The summed E-state index contributed by atoms with van der Waals surface area (Å²) in [7, 11) is 0. The summed E-state index contributed by atoms with van der Waals surface area (Å²) < 4.78 is 11.5. The van der Waals surface area contributed by atoms with Crippen molar-refractivity contribution in [1.82, 2.24) is 0 Å². The molecule has 0 spiro atoms. The minimum Gasteiger partial charge on any atom is -0.463 e. The normalized spacial score (nSPS) is 44.8. The molecular formula is C25H36O5. The Bertz CT molecular complexity index is 784. The molecule has 0 heterocycles. The van der Waals surface area contributed by atoms with Crippen LogP contribution in [0.15, 0.2) is 11.6 Å². The summed E-state index contributed by atoms with van der Waals surface area (Å²) in [5.74, 6) is 0.966. The van der Waals surface area contributed by atoms with Crippen LogP contribution in [0, 0.1) is 34.5 Å². The van der Waals surface area contributed by atoms with Crippen molar-refractivity contribution in [3.8, 4) is 0 Å². The van der Waals surface area contributed by atoms with E-state index in [1.165, 1.54) is 19.4 Å². The third kappa shape index (κ3) is 3.33. The van der Waals surface area contributed by atoms with Crippen LogP contribution in [0.25, 0.3) is 0 Å². The number of carbonyl (C=O) groups excluding carboxylic acids is 3. The second-order valence-electron chi connectivity index (χ2n) is 10.7. The molecule has 0 aliphatic heterocycles. The van der Waals surface area contributed by atoms with E-state index in [4.69, 9.17) is 9.47 Å². The first kappa shape index (κ1) is 21.6. The van der Waals surface area contributed by atoms with Crippen molar-refractivity contribution in [2.45, 2.75) is 91.8 Å². The highest BCUT2D eigenvalue weighted by molar-refractivity contribution is 5.79. The van der Waals surface area contributed by atoms with E-state index in [0.29, 0.717) is 17.6 Å². The first-order chi connectivity index (χ1) is 14.1. The first-order valence-corrected chi connectivity index (χ1v) is 11.6. The molecule has 0 radical (unpaired) electrons. The number of carbonyl (C=O) groups is 3. The molecule has 5 nitrogen and oxygen atoms in total. The van der Waals surface area contributed by atoms with Crippen LogP contribution in [-0.4, -0.2) is 29.9 Å². The average molecular weight is 417 g/mol. The van der Waals surface area contributed by atoms with E-state index in [9.17, 15) is 14.4 Å².